The van der Waals surface area contributed by atoms with Crippen LogP contribution in [-0.2, 0) is 14.3 Å². The summed E-state index contributed by atoms with van der Waals surface area (Å²) < 4.78 is 22.8. The Bertz CT molecular complexity index is 558. The normalized spacial score (nSPS) is 23.8. The predicted molar refractivity (Wildman–Crippen MR) is 88.4 cm³/mol. The van der Waals surface area contributed by atoms with Gasteiger partial charge in [-0.3, -0.25) is 4.79 Å². The third-order valence-electron chi connectivity index (χ3n) is 4.33. The number of benzene rings is 1. The third kappa shape index (κ3) is 4.19. The summed E-state index contributed by atoms with van der Waals surface area (Å²) in [6, 6.07) is 7.56. The molecule has 1 aromatic rings. The summed E-state index contributed by atoms with van der Waals surface area (Å²) in [4.78, 5) is 14.1. The minimum atomic E-state index is -0.490. The van der Waals surface area contributed by atoms with Crippen molar-refractivity contribution < 1.29 is 23.7 Å². The Labute approximate surface area is 142 Å². The van der Waals surface area contributed by atoms with E-state index >= 15 is 0 Å². The summed E-state index contributed by atoms with van der Waals surface area (Å²) >= 11 is 0. The lowest BCUT2D eigenvalue weighted by Crippen LogP contribution is -2.45. The van der Waals surface area contributed by atoms with Crippen molar-refractivity contribution in [3.8, 4) is 11.5 Å². The van der Waals surface area contributed by atoms with Crippen LogP contribution in [0.25, 0.3) is 0 Å². The highest BCUT2D eigenvalue weighted by Crippen LogP contribution is 2.31. The molecule has 0 bridgehead atoms. The van der Waals surface area contributed by atoms with Gasteiger partial charge in [-0.05, 0) is 31.9 Å². The lowest BCUT2D eigenvalue weighted by atomic mass is 10.2. The molecule has 3 unspecified atom stereocenters. The number of amides is 1. The molecule has 6 nitrogen and oxygen atoms in total. The lowest BCUT2D eigenvalue weighted by Gasteiger charge is -2.30. The van der Waals surface area contributed by atoms with Crippen LogP contribution in [0.2, 0.25) is 0 Å². The van der Waals surface area contributed by atoms with E-state index in [1.165, 1.54) is 0 Å². The first-order valence-electron chi connectivity index (χ1n) is 8.50. The number of rotatable bonds is 6. The highest BCUT2D eigenvalue weighted by Gasteiger charge is 2.27. The largest absolute Gasteiger partial charge is 0.486 e. The van der Waals surface area contributed by atoms with Gasteiger partial charge in [-0.15, -0.1) is 0 Å². The van der Waals surface area contributed by atoms with Gasteiger partial charge in [0.2, 0.25) is 0 Å². The van der Waals surface area contributed by atoms with Crippen LogP contribution in [0.5, 0.6) is 11.5 Å². The Hall–Kier alpha value is -1.79. The van der Waals surface area contributed by atoms with E-state index in [1.807, 2.05) is 24.3 Å². The number of ether oxygens (including phenoxy) is 4. The molecule has 1 fully saturated rings. The number of hydrogen-bond donors (Lipinski definition) is 0. The number of carbonyl (C=O) groups is 1. The van der Waals surface area contributed by atoms with Gasteiger partial charge in [0, 0.05) is 13.7 Å². The number of hydrogen-bond acceptors (Lipinski definition) is 5. The molecule has 0 radical (unpaired) electrons. The third-order valence-corrected chi connectivity index (χ3v) is 4.33. The highest BCUT2D eigenvalue weighted by atomic mass is 16.6. The molecule has 2 heterocycles. The standard InChI is InChI=1S/C18H25NO5/c1-13(22-11-14-6-5-9-21-14)18(20)19(2)10-15-12-23-16-7-3-4-8-17(16)24-15/h3-4,7-8,13-15H,5-6,9-12H2,1-2H3. The van der Waals surface area contributed by atoms with Crippen LogP contribution in [0, 0.1) is 0 Å². The summed E-state index contributed by atoms with van der Waals surface area (Å²) in [5.74, 6) is 1.41. The number of nitrogens with zero attached hydrogens (tertiary/aromatic N) is 1. The van der Waals surface area contributed by atoms with Crippen molar-refractivity contribution in [3.63, 3.8) is 0 Å². The second kappa shape index (κ2) is 7.85. The second-order valence-electron chi connectivity index (χ2n) is 6.33. The Kier molecular flexibility index (Phi) is 5.58. The van der Waals surface area contributed by atoms with Gasteiger partial charge in [0.05, 0.1) is 19.3 Å². The van der Waals surface area contributed by atoms with Gasteiger partial charge < -0.3 is 23.8 Å². The van der Waals surface area contributed by atoms with E-state index in [9.17, 15) is 4.79 Å². The average Bonchev–Trinajstić information content (AvgIpc) is 3.12. The molecule has 24 heavy (non-hydrogen) atoms. The van der Waals surface area contributed by atoms with Crippen molar-refractivity contribution >= 4 is 5.91 Å². The van der Waals surface area contributed by atoms with Crippen molar-refractivity contribution in [3.05, 3.63) is 24.3 Å². The molecular formula is C18H25NO5. The molecule has 0 spiro atoms. The van der Waals surface area contributed by atoms with Gasteiger partial charge >= 0.3 is 0 Å². The van der Waals surface area contributed by atoms with Crippen LogP contribution in [0.1, 0.15) is 19.8 Å². The SMILES string of the molecule is CC(OCC1CCCO1)C(=O)N(C)CC1COc2ccccc2O1. The van der Waals surface area contributed by atoms with E-state index in [4.69, 9.17) is 18.9 Å². The second-order valence-corrected chi connectivity index (χ2v) is 6.33. The first kappa shape index (κ1) is 17.0. The van der Waals surface area contributed by atoms with Crippen LogP contribution in [0.4, 0.5) is 0 Å². The minimum Gasteiger partial charge on any atom is -0.486 e. The van der Waals surface area contributed by atoms with Gasteiger partial charge in [-0.1, -0.05) is 12.1 Å². The van der Waals surface area contributed by atoms with Crippen molar-refractivity contribution in [2.75, 3.05) is 33.4 Å². The fourth-order valence-electron chi connectivity index (χ4n) is 2.96. The molecule has 132 valence electrons. The summed E-state index contributed by atoms with van der Waals surface area (Å²) in [5.41, 5.74) is 0. The van der Waals surface area contributed by atoms with E-state index in [-0.39, 0.29) is 18.1 Å². The molecule has 1 aromatic carbocycles. The Morgan fingerprint density at radius 2 is 2.12 bits per heavy atom. The number of carbonyl (C=O) groups excluding carboxylic acids is 1. The molecule has 0 aromatic heterocycles. The summed E-state index contributed by atoms with van der Waals surface area (Å²) in [7, 11) is 1.76. The molecule has 1 saturated heterocycles. The van der Waals surface area contributed by atoms with Crippen molar-refractivity contribution in [2.45, 2.75) is 38.1 Å². The summed E-state index contributed by atoms with van der Waals surface area (Å²) in [6.45, 7) is 3.93. The zero-order valence-corrected chi connectivity index (χ0v) is 14.3. The van der Waals surface area contributed by atoms with Gasteiger partial charge in [0.1, 0.15) is 12.7 Å². The van der Waals surface area contributed by atoms with E-state index in [0.29, 0.717) is 19.8 Å². The summed E-state index contributed by atoms with van der Waals surface area (Å²) in [5, 5.41) is 0. The monoisotopic (exact) mass is 335 g/mol. The molecule has 6 heteroatoms. The van der Waals surface area contributed by atoms with Crippen LogP contribution in [0.3, 0.4) is 0 Å². The van der Waals surface area contributed by atoms with Crippen LogP contribution in [-0.4, -0.2) is 62.5 Å². The molecule has 3 atom stereocenters. The van der Waals surface area contributed by atoms with Gasteiger partial charge in [-0.2, -0.15) is 0 Å². The molecule has 2 aliphatic rings. The Morgan fingerprint density at radius 1 is 1.33 bits per heavy atom. The van der Waals surface area contributed by atoms with Gasteiger partial charge in [-0.25, -0.2) is 0 Å². The molecular weight excluding hydrogens is 310 g/mol. The number of fused-ring (bicyclic) bond motifs is 1. The van der Waals surface area contributed by atoms with Gasteiger partial charge in [0.25, 0.3) is 5.91 Å². The minimum absolute atomic E-state index is 0.0598. The zero-order chi connectivity index (χ0) is 16.9. The maximum Gasteiger partial charge on any atom is 0.251 e. The molecule has 0 saturated carbocycles. The van der Waals surface area contributed by atoms with Crippen molar-refractivity contribution in [2.24, 2.45) is 0 Å². The Morgan fingerprint density at radius 3 is 2.88 bits per heavy atom. The van der Waals surface area contributed by atoms with E-state index in [0.717, 1.165) is 30.9 Å². The maximum atomic E-state index is 12.4. The average molecular weight is 335 g/mol. The van der Waals surface area contributed by atoms with E-state index in [1.54, 1.807) is 18.9 Å². The number of likely N-dealkylation sites (N-methyl/N-ethyl adjacent to an activating group) is 1. The molecule has 0 N–H and O–H groups in total. The van der Waals surface area contributed by atoms with Crippen molar-refractivity contribution in [1.29, 1.82) is 0 Å². The topological polar surface area (TPSA) is 57.2 Å². The highest BCUT2D eigenvalue weighted by molar-refractivity contribution is 5.80. The zero-order valence-electron chi connectivity index (χ0n) is 14.3. The summed E-state index contributed by atoms with van der Waals surface area (Å²) in [6.07, 6.45) is 1.52. The molecule has 2 aliphatic heterocycles. The van der Waals surface area contributed by atoms with Crippen LogP contribution in [0.15, 0.2) is 24.3 Å². The number of para-hydroxylation sites is 2. The quantitative estimate of drug-likeness (QED) is 0.794. The first-order chi connectivity index (χ1) is 11.6. The van der Waals surface area contributed by atoms with Crippen LogP contribution < -0.4 is 9.47 Å². The first-order valence-corrected chi connectivity index (χ1v) is 8.50. The fraction of sp³-hybridized carbons (Fsp3) is 0.611. The van der Waals surface area contributed by atoms with Crippen LogP contribution >= 0.6 is 0 Å². The molecule has 0 aliphatic carbocycles. The lowest BCUT2D eigenvalue weighted by molar-refractivity contribution is -0.144. The molecule has 3 rings (SSSR count). The van der Waals surface area contributed by atoms with E-state index < -0.39 is 6.10 Å². The van der Waals surface area contributed by atoms with Gasteiger partial charge in [0.15, 0.2) is 17.6 Å². The van der Waals surface area contributed by atoms with Crippen molar-refractivity contribution in [1.82, 2.24) is 4.90 Å². The Balaban J connectivity index is 1.45. The smallest absolute Gasteiger partial charge is 0.251 e. The maximum absolute atomic E-state index is 12.4. The van der Waals surface area contributed by atoms with E-state index in [2.05, 4.69) is 0 Å². The predicted octanol–water partition coefficient (Wildman–Crippen LogP) is 1.87. The molecule has 1 amide bonds. The fourth-order valence-corrected chi connectivity index (χ4v) is 2.96.